The molecule has 0 amide bonds. The number of thiazole rings is 1. The summed E-state index contributed by atoms with van der Waals surface area (Å²) < 4.78 is 0. The van der Waals surface area contributed by atoms with Crippen LogP contribution in [-0.2, 0) is 5.41 Å². The third kappa shape index (κ3) is 2.76. The number of nitrogens with zero attached hydrogens (tertiary/aromatic N) is 2. The fraction of sp³-hybridized carbons (Fsp3) is 0.429. The van der Waals surface area contributed by atoms with Gasteiger partial charge in [0.05, 0.1) is 10.7 Å². The first-order valence-corrected chi connectivity index (χ1v) is 6.82. The molecule has 0 spiro atoms. The van der Waals surface area contributed by atoms with Crippen LogP contribution in [0.5, 0.6) is 0 Å². The van der Waals surface area contributed by atoms with Gasteiger partial charge in [-0.2, -0.15) is 0 Å². The third-order valence-electron chi connectivity index (χ3n) is 2.69. The van der Waals surface area contributed by atoms with E-state index in [0.717, 1.165) is 16.3 Å². The average molecular weight is 262 g/mol. The lowest BCUT2D eigenvalue weighted by molar-refractivity contribution is 0.215. The van der Waals surface area contributed by atoms with Crippen LogP contribution in [0, 0.1) is 6.92 Å². The van der Waals surface area contributed by atoms with Gasteiger partial charge in [0.15, 0.2) is 0 Å². The molecule has 0 saturated heterocycles. The largest absolute Gasteiger partial charge is 0.382 e. The highest BCUT2D eigenvalue weighted by molar-refractivity contribution is 7.09. The maximum absolute atomic E-state index is 10.3. The number of aliphatic hydroxyl groups is 1. The van der Waals surface area contributed by atoms with E-state index in [-0.39, 0.29) is 5.41 Å². The van der Waals surface area contributed by atoms with Gasteiger partial charge in [0.2, 0.25) is 0 Å². The molecule has 1 N–H and O–H groups in total. The normalized spacial score (nSPS) is 13.6. The predicted octanol–water partition coefficient (Wildman–Crippen LogP) is 3.23. The van der Waals surface area contributed by atoms with E-state index >= 15 is 0 Å². The van der Waals surface area contributed by atoms with E-state index in [0.29, 0.717) is 5.69 Å². The van der Waals surface area contributed by atoms with Crippen LogP contribution < -0.4 is 0 Å². The molecule has 0 aliphatic heterocycles. The Morgan fingerprint density at radius 3 is 2.50 bits per heavy atom. The Balaban J connectivity index is 2.26. The molecule has 0 fully saturated rings. The summed E-state index contributed by atoms with van der Waals surface area (Å²) in [4.78, 5) is 8.72. The van der Waals surface area contributed by atoms with Gasteiger partial charge in [-0.1, -0.05) is 26.8 Å². The topological polar surface area (TPSA) is 46.0 Å². The molecular formula is C14H18N2OS. The summed E-state index contributed by atoms with van der Waals surface area (Å²) >= 11 is 1.59. The van der Waals surface area contributed by atoms with Crippen LogP contribution in [0.25, 0.3) is 0 Å². The minimum Gasteiger partial charge on any atom is -0.382 e. The molecular weight excluding hydrogens is 244 g/mol. The molecule has 18 heavy (non-hydrogen) atoms. The van der Waals surface area contributed by atoms with E-state index in [1.165, 1.54) is 0 Å². The lowest BCUT2D eigenvalue weighted by atomic mass is 9.98. The molecule has 0 aliphatic rings. The van der Waals surface area contributed by atoms with Gasteiger partial charge >= 0.3 is 0 Å². The van der Waals surface area contributed by atoms with Crippen LogP contribution >= 0.6 is 11.3 Å². The number of hydrogen-bond donors (Lipinski definition) is 1. The quantitative estimate of drug-likeness (QED) is 0.904. The molecule has 2 aromatic rings. The van der Waals surface area contributed by atoms with Crippen molar-refractivity contribution in [2.45, 2.75) is 39.2 Å². The molecule has 0 saturated carbocycles. The van der Waals surface area contributed by atoms with Gasteiger partial charge in [-0.05, 0) is 13.0 Å². The standard InChI is InChI=1S/C14H18N2OS/c1-9-5-6-10(7-15-9)12(17)11-8-18-13(16-11)14(2,3)4/h5-8,12,17H,1-4H3. The molecule has 0 aromatic carbocycles. The third-order valence-corrected chi connectivity index (χ3v) is 3.98. The summed E-state index contributed by atoms with van der Waals surface area (Å²) in [5.41, 5.74) is 2.45. The summed E-state index contributed by atoms with van der Waals surface area (Å²) in [6.07, 6.45) is 1.02. The zero-order valence-corrected chi connectivity index (χ0v) is 12.0. The molecule has 0 aliphatic carbocycles. The van der Waals surface area contributed by atoms with Crippen molar-refractivity contribution >= 4 is 11.3 Å². The number of aryl methyl sites for hydroxylation is 1. The SMILES string of the molecule is Cc1ccc(C(O)c2csc(C(C)(C)C)n2)cn1. The Bertz CT molecular complexity index is 525. The highest BCUT2D eigenvalue weighted by Gasteiger charge is 2.21. The molecule has 2 heterocycles. The molecule has 2 rings (SSSR count). The first-order chi connectivity index (χ1) is 8.38. The van der Waals surface area contributed by atoms with Crippen LogP contribution in [0.15, 0.2) is 23.7 Å². The summed E-state index contributed by atoms with van der Waals surface area (Å²) in [6, 6.07) is 3.79. The molecule has 2 aromatic heterocycles. The van der Waals surface area contributed by atoms with Crippen molar-refractivity contribution in [2.24, 2.45) is 0 Å². The second-order valence-electron chi connectivity index (χ2n) is 5.46. The van der Waals surface area contributed by atoms with Crippen LogP contribution in [0.1, 0.15) is 48.8 Å². The van der Waals surface area contributed by atoms with E-state index in [2.05, 4.69) is 30.7 Å². The minimum atomic E-state index is -0.689. The number of aromatic nitrogens is 2. The van der Waals surface area contributed by atoms with Crippen molar-refractivity contribution in [1.29, 1.82) is 0 Å². The lowest BCUT2D eigenvalue weighted by Crippen LogP contribution is -2.11. The number of rotatable bonds is 2. The van der Waals surface area contributed by atoms with Crippen LogP contribution in [0.2, 0.25) is 0 Å². The van der Waals surface area contributed by atoms with Crippen molar-refractivity contribution in [3.8, 4) is 0 Å². The minimum absolute atomic E-state index is 0.0220. The fourth-order valence-electron chi connectivity index (χ4n) is 1.57. The van der Waals surface area contributed by atoms with Gasteiger partial charge in [-0.25, -0.2) is 4.98 Å². The Kier molecular flexibility index (Phi) is 3.50. The smallest absolute Gasteiger partial charge is 0.123 e. The lowest BCUT2D eigenvalue weighted by Gasteiger charge is -2.14. The first kappa shape index (κ1) is 13.2. The Hall–Kier alpha value is -1.26. The maximum atomic E-state index is 10.3. The van der Waals surface area contributed by atoms with Crippen molar-refractivity contribution in [3.05, 3.63) is 45.7 Å². The molecule has 0 radical (unpaired) electrons. The summed E-state index contributed by atoms with van der Waals surface area (Å²) in [6.45, 7) is 8.29. The highest BCUT2D eigenvalue weighted by Crippen LogP contribution is 2.29. The van der Waals surface area contributed by atoms with Gasteiger partial charge < -0.3 is 5.11 Å². The van der Waals surface area contributed by atoms with E-state index in [4.69, 9.17) is 0 Å². The predicted molar refractivity (Wildman–Crippen MR) is 73.8 cm³/mol. The molecule has 96 valence electrons. The van der Waals surface area contributed by atoms with Crippen molar-refractivity contribution in [3.63, 3.8) is 0 Å². The van der Waals surface area contributed by atoms with Crippen LogP contribution in [-0.4, -0.2) is 15.1 Å². The van der Waals surface area contributed by atoms with Crippen molar-refractivity contribution in [2.75, 3.05) is 0 Å². The number of hydrogen-bond acceptors (Lipinski definition) is 4. The fourth-order valence-corrected chi connectivity index (χ4v) is 2.49. The Morgan fingerprint density at radius 2 is 2.00 bits per heavy atom. The van der Waals surface area contributed by atoms with Crippen molar-refractivity contribution in [1.82, 2.24) is 9.97 Å². The molecule has 0 bridgehead atoms. The maximum Gasteiger partial charge on any atom is 0.123 e. The number of pyridine rings is 1. The Labute approximate surface area is 112 Å². The molecule has 1 unspecified atom stereocenters. The van der Waals surface area contributed by atoms with Gasteiger partial charge in [-0.3, -0.25) is 4.98 Å². The van der Waals surface area contributed by atoms with E-state index in [1.54, 1.807) is 17.5 Å². The molecule has 1 atom stereocenters. The monoisotopic (exact) mass is 262 g/mol. The van der Waals surface area contributed by atoms with E-state index in [9.17, 15) is 5.11 Å². The van der Waals surface area contributed by atoms with Gasteiger partial charge in [0.25, 0.3) is 0 Å². The summed E-state index contributed by atoms with van der Waals surface area (Å²) in [5.74, 6) is 0. The molecule has 3 nitrogen and oxygen atoms in total. The van der Waals surface area contributed by atoms with Crippen LogP contribution in [0.3, 0.4) is 0 Å². The second kappa shape index (κ2) is 4.78. The first-order valence-electron chi connectivity index (χ1n) is 5.94. The second-order valence-corrected chi connectivity index (χ2v) is 6.32. The van der Waals surface area contributed by atoms with Gasteiger partial charge in [0, 0.05) is 28.2 Å². The summed E-state index contributed by atoms with van der Waals surface area (Å²) in [7, 11) is 0. The highest BCUT2D eigenvalue weighted by atomic mass is 32.1. The zero-order valence-electron chi connectivity index (χ0n) is 11.1. The summed E-state index contributed by atoms with van der Waals surface area (Å²) in [5, 5.41) is 13.2. The Morgan fingerprint density at radius 1 is 1.28 bits per heavy atom. The van der Waals surface area contributed by atoms with Gasteiger partial charge in [0.1, 0.15) is 6.10 Å². The van der Waals surface area contributed by atoms with E-state index in [1.807, 2.05) is 24.4 Å². The molecule has 4 heteroatoms. The zero-order chi connectivity index (χ0) is 13.3. The van der Waals surface area contributed by atoms with E-state index < -0.39 is 6.10 Å². The van der Waals surface area contributed by atoms with Crippen LogP contribution in [0.4, 0.5) is 0 Å². The van der Waals surface area contributed by atoms with Crippen molar-refractivity contribution < 1.29 is 5.11 Å². The average Bonchev–Trinajstić information content (AvgIpc) is 2.78. The van der Waals surface area contributed by atoms with Gasteiger partial charge in [-0.15, -0.1) is 11.3 Å². The number of aliphatic hydroxyl groups excluding tert-OH is 1.